The van der Waals surface area contributed by atoms with Gasteiger partial charge >= 0.3 is 5.97 Å². The van der Waals surface area contributed by atoms with E-state index in [-0.39, 0.29) is 17.9 Å². The molecule has 1 aromatic carbocycles. The van der Waals surface area contributed by atoms with Crippen molar-refractivity contribution in [2.24, 2.45) is 0 Å². The molecule has 0 spiro atoms. The van der Waals surface area contributed by atoms with Gasteiger partial charge in [0, 0.05) is 12.3 Å². The fourth-order valence-corrected chi connectivity index (χ4v) is 1.67. The van der Waals surface area contributed by atoms with E-state index in [2.05, 4.69) is 0 Å². The second kappa shape index (κ2) is 5.97. The number of rotatable bonds is 4. The summed E-state index contributed by atoms with van der Waals surface area (Å²) in [5, 5.41) is 8.63. The summed E-state index contributed by atoms with van der Waals surface area (Å²) in [6.45, 7) is -0.360. The lowest BCUT2D eigenvalue weighted by Gasteiger charge is -2.01. The molecule has 0 bridgehead atoms. The maximum atomic E-state index is 12.7. The monoisotopic (exact) mass is 273 g/mol. The van der Waals surface area contributed by atoms with Crippen molar-refractivity contribution in [3.05, 3.63) is 69.9 Å². The van der Waals surface area contributed by atoms with E-state index >= 15 is 0 Å². The number of hydrogen-bond acceptors (Lipinski definition) is 2. The second-order valence-electron chi connectivity index (χ2n) is 4.20. The highest BCUT2D eigenvalue weighted by atomic mass is 19.1. The molecule has 0 aliphatic carbocycles. The van der Waals surface area contributed by atoms with Crippen LogP contribution in [0, 0.1) is 5.82 Å². The van der Waals surface area contributed by atoms with Crippen LogP contribution in [-0.4, -0.2) is 15.6 Å². The molecule has 1 aromatic heterocycles. The highest BCUT2D eigenvalue weighted by Gasteiger charge is 2.01. The summed E-state index contributed by atoms with van der Waals surface area (Å²) in [6.07, 6.45) is 4.89. The van der Waals surface area contributed by atoms with Crippen LogP contribution in [0.25, 0.3) is 12.2 Å². The molecule has 0 saturated heterocycles. The van der Waals surface area contributed by atoms with Gasteiger partial charge in [-0.2, -0.15) is 0 Å². The van der Waals surface area contributed by atoms with Crippen molar-refractivity contribution in [1.29, 1.82) is 0 Å². The number of benzene rings is 1. The maximum Gasteiger partial charge on any atom is 0.323 e. The van der Waals surface area contributed by atoms with Crippen molar-refractivity contribution < 1.29 is 14.3 Å². The van der Waals surface area contributed by atoms with Crippen LogP contribution < -0.4 is 5.56 Å². The van der Waals surface area contributed by atoms with Crippen molar-refractivity contribution in [3.8, 4) is 0 Å². The number of carbonyl (C=O) groups is 1. The van der Waals surface area contributed by atoms with Crippen molar-refractivity contribution >= 4 is 18.1 Å². The average molecular weight is 273 g/mol. The third kappa shape index (κ3) is 3.65. The summed E-state index contributed by atoms with van der Waals surface area (Å²) in [5.41, 5.74) is 1.08. The van der Waals surface area contributed by atoms with Gasteiger partial charge in [-0.25, -0.2) is 4.39 Å². The van der Waals surface area contributed by atoms with Crippen molar-refractivity contribution in [2.75, 3.05) is 0 Å². The van der Waals surface area contributed by atoms with E-state index in [1.807, 2.05) is 0 Å². The van der Waals surface area contributed by atoms with E-state index < -0.39 is 5.97 Å². The molecule has 0 saturated carbocycles. The third-order valence-electron chi connectivity index (χ3n) is 2.66. The number of nitrogens with zero attached hydrogens (tertiary/aromatic N) is 1. The number of halogens is 1. The van der Waals surface area contributed by atoms with Crippen LogP contribution in [0.1, 0.15) is 11.1 Å². The van der Waals surface area contributed by atoms with Gasteiger partial charge in [-0.1, -0.05) is 24.3 Å². The van der Waals surface area contributed by atoms with Gasteiger partial charge in [-0.15, -0.1) is 0 Å². The van der Waals surface area contributed by atoms with E-state index in [1.54, 1.807) is 30.4 Å². The lowest BCUT2D eigenvalue weighted by Crippen LogP contribution is -2.22. The van der Waals surface area contributed by atoms with Crippen LogP contribution in [0.4, 0.5) is 4.39 Å². The van der Waals surface area contributed by atoms with E-state index in [9.17, 15) is 14.0 Å². The molecule has 5 heteroatoms. The average Bonchev–Trinajstić information content (AvgIpc) is 2.40. The minimum atomic E-state index is -1.07. The molecule has 0 unspecified atom stereocenters. The van der Waals surface area contributed by atoms with Gasteiger partial charge in [-0.3, -0.25) is 9.59 Å². The van der Waals surface area contributed by atoms with E-state index in [1.165, 1.54) is 24.4 Å². The molecule has 0 aliphatic rings. The Morgan fingerprint density at radius 3 is 2.40 bits per heavy atom. The summed E-state index contributed by atoms with van der Waals surface area (Å²) in [4.78, 5) is 22.2. The Labute approximate surface area is 114 Å². The zero-order chi connectivity index (χ0) is 14.5. The first-order valence-corrected chi connectivity index (χ1v) is 5.90. The predicted molar refractivity (Wildman–Crippen MR) is 73.7 cm³/mol. The first-order valence-electron chi connectivity index (χ1n) is 5.90. The molecule has 2 rings (SSSR count). The van der Waals surface area contributed by atoms with Crippen LogP contribution >= 0.6 is 0 Å². The van der Waals surface area contributed by atoms with Crippen LogP contribution in [0.15, 0.2) is 47.4 Å². The Bertz CT molecular complexity index is 702. The first-order chi connectivity index (χ1) is 9.54. The zero-order valence-corrected chi connectivity index (χ0v) is 10.5. The van der Waals surface area contributed by atoms with Crippen LogP contribution in [0.3, 0.4) is 0 Å². The second-order valence-corrected chi connectivity index (χ2v) is 4.20. The third-order valence-corrected chi connectivity index (χ3v) is 2.66. The van der Waals surface area contributed by atoms with E-state index in [0.717, 1.165) is 10.1 Å². The summed E-state index contributed by atoms with van der Waals surface area (Å²) < 4.78 is 13.8. The van der Waals surface area contributed by atoms with Crippen LogP contribution in [0.2, 0.25) is 0 Å². The van der Waals surface area contributed by atoms with E-state index in [4.69, 9.17) is 5.11 Å². The molecule has 4 nitrogen and oxygen atoms in total. The molecular weight excluding hydrogens is 261 g/mol. The summed E-state index contributed by atoms with van der Waals surface area (Å²) >= 11 is 0. The molecule has 20 heavy (non-hydrogen) atoms. The van der Waals surface area contributed by atoms with Gasteiger partial charge in [0.1, 0.15) is 12.4 Å². The summed E-state index contributed by atoms with van der Waals surface area (Å²) in [7, 11) is 0. The van der Waals surface area contributed by atoms with Gasteiger partial charge < -0.3 is 9.67 Å². The van der Waals surface area contributed by atoms with Gasteiger partial charge in [0.2, 0.25) is 0 Å². The molecule has 0 fully saturated rings. The molecule has 102 valence electrons. The summed E-state index contributed by atoms with van der Waals surface area (Å²) in [5.74, 6) is -1.37. The molecule has 1 heterocycles. The Hall–Kier alpha value is -2.69. The number of hydrogen-bond donors (Lipinski definition) is 1. The largest absolute Gasteiger partial charge is 0.480 e. The van der Waals surface area contributed by atoms with Crippen molar-refractivity contribution in [2.45, 2.75) is 6.54 Å². The Morgan fingerprint density at radius 2 is 1.80 bits per heavy atom. The smallest absolute Gasteiger partial charge is 0.323 e. The molecular formula is C15H12FNO3. The predicted octanol–water partition coefficient (Wildman–Crippen LogP) is 2.24. The summed E-state index contributed by atoms with van der Waals surface area (Å²) in [6, 6.07) is 8.94. The van der Waals surface area contributed by atoms with Crippen molar-refractivity contribution in [1.82, 2.24) is 4.57 Å². The number of carboxylic acids is 1. The first kappa shape index (κ1) is 13.7. The highest BCUT2D eigenvalue weighted by molar-refractivity contribution is 5.69. The minimum Gasteiger partial charge on any atom is -0.480 e. The fraction of sp³-hybridized carbons (Fsp3) is 0.0667. The lowest BCUT2D eigenvalue weighted by atomic mass is 10.1. The number of carboxylic acid groups (broad SMARTS) is 1. The molecule has 0 radical (unpaired) electrons. The molecule has 0 atom stereocenters. The quantitative estimate of drug-likeness (QED) is 0.929. The number of aromatic nitrogens is 1. The van der Waals surface area contributed by atoms with Crippen LogP contribution in [-0.2, 0) is 11.3 Å². The minimum absolute atomic E-state index is 0.307. The Kier molecular flexibility index (Phi) is 4.10. The SMILES string of the molecule is O=C(O)Cn1ccc(/C=C/c2ccc(F)cc2)cc1=O. The molecule has 1 N–H and O–H groups in total. The van der Waals surface area contributed by atoms with Gasteiger partial charge in [0.15, 0.2) is 0 Å². The Balaban J connectivity index is 2.18. The zero-order valence-electron chi connectivity index (χ0n) is 10.5. The van der Waals surface area contributed by atoms with Gasteiger partial charge in [0.05, 0.1) is 0 Å². The standard InChI is InChI=1S/C15H12FNO3/c16-13-5-3-11(4-6-13)1-2-12-7-8-17(10-15(19)20)14(18)9-12/h1-9H,10H2,(H,19,20)/b2-1+. The molecule has 0 aliphatic heterocycles. The molecule has 2 aromatic rings. The van der Waals surface area contributed by atoms with E-state index in [0.29, 0.717) is 5.56 Å². The van der Waals surface area contributed by atoms with Gasteiger partial charge in [0.25, 0.3) is 5.56 Å². The fourth-order valence-electron chi connectivity index (χ4n) is 1.67. The number of pyridine rings is 1. The topological polar surface area (TPSA) is 59.3 Å². The Morgan fingerprint density at radius 1 is 1.15 bits per heavy atom. The highest BCUT2D eigenvalue weighted by Crippen LogP contribution is 2.08. The number of aliphatic carboxylic acids is 1. The van der Waals surface area contributed by atoms with Gasteiger partial charge in [-0.05, 0) is 29.3 Å². The van der Waals surface area contributed by atoms with Crippen molar-refractivity contribution in [3.63, 3.8) is 0 Å². The maximum absolute atomic E-state index is 12.7. The lowest BCUT2D eigenvalue weighted by molar-refractivity contribution is -0.137. The normalized spacial score (nSPS) is 10.8. The van der Waals surface area contributed by atoms with Crippen LogP contribution in [0.5, 0.6) is 0 Å². The molecule has 0 amide bonds.